The van der Waals surface area contributed by atoms with Gasteiger partial charge < -0.3 is 10.3 Å². The highest BCUT2D eigenvalue weighted by Crippen LogP contribution is 2.26. The lowest BCUT2D eigenvalue weighted by Gasteiger charge is -2.20. The van der Waals surface area contributed by atoms with Gasteiger partial charge in [-0.3, -0.25) is 4.79 Å². The molecule has 0 bridgehead atoms. The number of hydrogen-bond acceptors (Lipinski definition) is 2. The summed E-state index contributed by atoms with van der Waals surface area (Å²) in [5, 5.41) is 3.36. The zero-order valence-electron chi connectivity index (χ0n) is 9.49. The Morgan fingerprint density at radius 1 is 1.06 bits per heavy atom. The number of nitrogens with one attached hydrogen (secondary N) is 2. The summed E-state index contributed by atoms with van der Waals surface area (Å²) in [5.41, 5.74) is 4.71. The van der Waals surface area contributed by atoms with Crippen LogP contribution in [0.3, 0.4) is 0 Å². The van der Waals surface area contributed by atoms with Crippen molar-refractivity contribution < 1.29 is 0 Å². The van der Waals surface area contributed by atoms with Crippen LogP contribution in [0.25, 0.3) is 11.3 Å². The van der Waals surface area contributed by atoms with Crippen molar-refractivity contribution in [2.45, 2.75) is 13.0 Å². The third-order valence-corrected chi connectivity index (χ3v) is 3.20. The van der Waals surface area contributed by atoms with Gasteiger partial charge in [-0.15, -0.1) is 0 Å². The van der Waals surface area contributed by atoms with E-state index >= 15 is 0 Å². The molecule has 1 aliphatic heterocycles. The third-order valence-electron chi connectivity index (χ3n) is 3.20. The number of pyridine rings is 1. The van der Waals surface area contributed by atoms with Crippen molar-refractivity contribution >= 4 is 0 Å². The molecular weight excluding hydrogens is 212 g/mol. The number of fused-ring (bicyclic) bond motifs is 1. The highest BCUT2D eigenvalue weighted by atomic mass is 16.1. The van der Waals surface area contributed by atoms with Gasteiger partial charge in [0.05, 0.1) is 0 Å². The van der Waals surface area contributed by atoms with Crippen LogP contribution in [0.1, 0.15) is 11.1 Å². The van der Waals surface area contributed by atoms with Crippen LogP contribution < -0.4 is 10.9 Å². The van der Waals surface area contributed by atoms with Crippen molar-refractivity contribution in [3.63, 3.8) is 0 Å². The molecule has 86 valence electrons. The Morgan fingerprint density at radius 2 is 1.94 bits per heavy atom. The quantitative estimate of drug-likeness (QED) is 0.777. The maximum Gasteiger partial charge on any atom is 0.248 e. The van der Waals surface area contributed by atoms with E-state index in [4.69, 9.17) is 0 Å². The Hall–Kier alpha value is -1.87. The largest absolute Gasteiger partial charge is 0.322 e. The van der Waals surface area contributed by atoms with E-state index < -0.39 is 0 Å². The highest BCUT2D eigenvalue weighted by molar-refractivity contribution is 5.65. The van der Waals surface area contributed by atoms with Crippen molar-refractivity contribution in [3.05, 3.63) is 57.9 Å². The van der Waals surface area contributed by atoms with E-state index in [1.807, 2.05) is 12.1 Å². The summed E-state index contributed by atoms with van der Waals surface area (Å²) in [6.07, 6.45) is 1.02. The second-order valence-electron chi connectivity index (χ2n) is 4.30. The molecule has 0 unspecified atom stereocenters. The third kappa shape index (κ3) is 1.89. The zero-order valence-corrected chi connectivity index (χ0v) is 9.49. The average molecular weight is 226 g/mol. The first-order valence-electron chi connectivity index (χ1n) is 5.86. The summed E-state index contributed by atoms with van der Waals surface area (Å²) in [7, 11) is 0. The van der Waals surface area contributed by atoms with E-state index in [-0.39, 0.29) is 5.56 Å². The Labute approximate surface area is 99.5 Å². The fourth-order valence-corrected chi connectivity index (χ4v) is 2.39. The molecule has 0 fully saturated rings. The topological polar surface area (TPSA) is 44.9 Å². The average Bonchev–Trinajstić information content (AvgIpc) is 2.38. The minimum absolute atomic E-state index is 0.0472. The van der Waals surface area contributed by atoms with Crippen LogP contribution in [0.5, 0.6) is 0 Å². The van der Waals surface area contributed by atoms with Gasteiger partial charge in [-0.1, -0.05) is 24.3 Å². The molecule has 0 aliphatic carbocycles. The van der Waals surface area contributed by atoms with Crippen LogP contribution in [0.15, 0.2) is 41.2 Å². The van der Waals surface area contributed by atoms with Gasteiger partial charge in [0.1, 0.15) is 0 Å². The molecule has 0 amide bonds. The number of hydrogen-bond donors (Lipinski definition) is 2. The van der Waals surface area contributed by atoms with Gasteiger partial charge in [0.15, 0.2) is 0 Å². The molecule has 2 heterocycles. The standard InChI is InChI=1S/C14H14N2O/c17-14-6-2-5-13(16-14)12-4-1-3-10-9-15-8-7-11(10)12/h1-6,15H,7-9H2,(H,16,17). The fourth-order valence-electron chi connectivity index (χ4n) is 2.39. The van der Waals surface area contributed by atoms with Crippen molar-refractivity contribution in [1.29, 1.82) is 0 Å². The van der Waals surface area contributed by atoms with E-state index in [9.17, 15) is 4.79 Å². The first-order chi connectivity index (χ1) is 8.34. The lowest BCUT2D eigenvalue weighted by Crippen LogP contribution is -2.24. The molecule has 17 heavy (non-hydrogen) atoms. The molecule has 1 aromatic carbocycles. The predicted molar refractivity (Wildman–Crippen MR) is 67.9 cm³/mol. The second kappa shape index (κ2) is 4.18. The summed E-state index contributed by atoms with van der Waals surface area (Å²) >= 11 is 0. The fraction of sp³-hybridized carbons (Fsp3) is 0.214. The number of aromatic amines is 1. The Morgan fingerprint density at radius 3 is 2.82 bits per heavy atom. The van der Waals surface area contributed by atoms with Gasteiger partial charge in [-0.05, 0) is 30.2 Å². The molecule has 0 atom stereocenters. The molecule has 2 aromatic rings. The van der Waals surface area contributed by atoms with Gasteiger partial charge in [-0.25, -0.2) is 0 Å². The lowest BCUT2D eigenvalue weighted by atomic mass is 9.93. The minimum atomic E-state index is -0.0472. The molecule has 1 aliphatic rings. The monoisotopic (exact) mass is 226 g/mol. The number of aromatic nitrogens is 1. The summed E-state index contributed by atoms with van der Waals surface area (Å²) in [4.78, 5) is 14.3. The second-order valence-corrected chi connectivity index (χ2v) is 4.30. The maximum atomic E-state index is 11.4. The molecule has 1 aromatic heterocycles. The van der Waals surface area contributed by atoms with Gasteiger partial charge in [-0.2, -0.15) is 0 Å². The Kier molecular flexibility index (Phi) is 2.53. The highest BCUT2D eigenvalue weighted by Gasteiger charge is 2.13. The van der Waals surface area contributed by atoms with Crippen molar-refractivity contribution in [2.75, 3.05) is 6.54 Å². The number of benzene rings is 1. The molecule has 0 spiro atoms. The van der Waals surface area contributed by atoms with Crippen LogP contribution in [-0.4, -0.2) is 11.5 Å². The van der Waals surface area contributed by atoms with Crippen molar-refractivity contribution in [2.24, 2.45) is 0 Å². The molecule has 2 N–H and O–H groups in total. The van der Waals surface area contributed by atoms with E-state index in [1.165, 1.54) is 11.1 Å². The van der Waals surface area contributed by atoms with Gasteiger partial charge in [0, 0.05) is 23.9 Å². The van der Waals surface area contributed by atoms with E-state index in [0.717, 1.165) is 30.8 Å². The molecule has 0 radical (unpaired) electrons. The molecule has 3 heteroatoms. The molecule has 0 saturated carbocycles. The minimum Gasteiger partial charge on any atom is -0.322 e. The van der Waals surface area contributed by atoms with Crippen LogP contribution in [0.4, 0.5) is 0 Å². The van der Waals surface area contributed by atoms with Crippen LogP contribution in [-0.2, 0) is 13.0 Å². The summed E-state index contributed by atoms with van der Waals surface area (Å²) in [5.74, 6) is 0. The van der Waals surface area contributed by atoms with Crippen LogP contribution in [0.2, 0.25) is 0 Å². The Balaban J connectivity index is 2.18. The summed E-state index contributed by atoms with van der Waals surface area (Å²) < 4.78 is 0. The first kappa shape index (κ1) is 10.3. The zero-order chi connectivity index (χ0) is 11.7. The SMILES string of the molecule is O=c1cccc(-c2cccc3c2CCNC3)[nH]1. The summed E-state index contributed by atoms with van der Waals surface area (Å²) in [6.45, 7) is 1.92. The van der Waals surface area contributed by atoms with E-state index in [1.54, 1.807) is 12.1 Å². The normalized spacial score (nSPS) is 14.4. The van der Waals surface area contributed by atoms with Gasteiger partial charge in [0.25, 0.3) is 0 Å². The van der Waals surface area contributed by atoms with E-state index in [2.05, 4.69) is 22.4 Å². The smallest absolute Gasteiger partial charge is 0.248 e. The first-order valence-corrected chi connectivity index (χ1v) is 5.86. The van der Waals surface area contributed by atoms with E-state index in [0.29, 0.717) is 0 Å². The molecular formula is C14H14N2O. The van der Waals surface area contributed by atoms with Crippen molar-refractivity contribution in [3.8, 4) is 11.3 Å². The maximum absolute atomic E-state index is 11.4. The predicted octanol–water partition coefficient (Wildman–Crippen LogP) is 1.69. The van der Waals surface area contributed by atoms with Gasteiger partial charge in [0.2, 0.25) is 5.56 Å². The molecule has 0 saturated heterocycles. The molecule has 3 nitrogen and oxygen atoms in total. The summed E-state index contributed by atoms with van der Waals surface area (Å²) in [6, 6.07) is 11.6. The number of H-pyrrole nitrogens is 1. The lowest BCUT2D eigenvalue weighted by molar-refractivity contribution is 0.644. The van der Waals surface area contributed by atoms with Crippen LogP contribution in [0, 0.1) is 0 Å². The Bertz CT molecular complexity index is 601. The van der Waals surface area contributed by atoms with Gasteiger partial charge >= 0.3 is 0 Å². The number of rotatable bonds is 1. The molecule has 3 rings (SSSR count). The van der Waals surface area contributed by atoms with Crippen molar-refractivity contribution in [1.82, 2.24) is 10.3 Å². The van der Waals surface area contributed by atoms with Crippen LogP contribution >= 0.6 is 0 Å².